The standard InChI is InChI=1S/C17H35BNO6PS2/c1-10(2)19(11(3)4)26(25-14-9-28-27-8-13(14)22-6)23-7-12-15(20)17(5,21)16(18)24-12/h10-16,20-21H,7-9,18H2,1-6H3/t12-,13+,14+,15-,16-,17-,26?/m1/s1. The summed E-state index contributed by atoms with van der Waals surface area (Å²) >= 11 is 0. The zero-order valence-corrected chi connectivity index (χ0v) is 20.4. The molecule has 2 aliphatic heterocycles. The summed E-state index contributed by atoms with van der Waals surface area (Å²) in [5, 5.41) is 20.8. The number of hydrogen-bond donors (Lipinski definition) is 2. The lowest BCUT2D eigenvalue weighted by Gasteiger charge is -2.39. The number of aliphatic hydroxyl groups is 2. The van der Waals surface area contributed by atoms with Crippen molar-refractivity contribution in [3.8, 4) is 0 Å². The zero-order chi connectivity index (χ0) is 21.1. The van der Waals surface area contributed by atoms with Crippen LogP contribution in [-0.4, -0.2) is 96.1 Å². The molecule has 1 unspecified atom stereocenters. The second kappa shape index (κ2) is 11.0. The van der Waals surface area contributed by atoms with Gasteiger partial charge in [-0.05, 0) is 34.6 Å². The number of hydrogen-bond acceptors (Lipinski definition) is 9. The van der Waals surface area contributed by atoms with E-state index in [1.165, 1.54) is 0 Å². The lowest BCUT2D eigenvalue weighted by molar-refractivity contribution is -0.0469. The van der Waals surface area contributed by atoms with Crippen LogP contribution in [0.1, 0.15) is 34.6 Å². The molecule has 7 atom stereocenters. The molecule has 0 radical (unpaired) electrons. The Balaban J connectivity index is 2.10. The summed E-state index contributed by atoms with van der Waals surface area (Å²) in [6.45, 7) is 10.2. The van der Waals surface area contributed by atoms with Gasteiger partial charge >= 0.3 is 0 Å². The van der Waals surface area contributed by atoms with Gasteiger partial charge in [0.25, 0.3) is 8.53 Å². The molecule has 164 valence electrons. The Kier molecular flexibility index (Phi) is 9.87. The van der Waals surface area contributed by atoms with Crippen LogP contribution in [0.5, 0.6) is 0 Å². The zero-order valence-electron chi connectivity index (χ0n) is 17.9. The van der Waals surface area contributed by atoms with Gasteiger partial charge in [-0.3, -0.25) is 0 Å². The topological polar surface area (TPSA) is 80.6 Å². The first-order valence-electron chi connectivity index (χ1n) is 9.80. The van der Waals surface area contributed by atoms with Crippen molar-refractivity contribution >= 4 is 38.0 Å². The first-order chi connectivity index (χ1) is 13.1. The van der Waals surface area contributed by atoms with E-state index in [4.69, 9.17) is 18.5 Å². The smallest absolute Gasteiger partial charge is 0.259 e. The fourth-order valence-corrected chi connectivity index (χ4v) is 7.71. The molecule has 11 heteroatoms. The fourth-order valence-electron chi connectivity index (χ4n) is 3.36. The second-order valence-corrected chi connectivity index (χ2v) is 12.0. The minimum absolute atomic E-state index is 0.0232. The highest BCUT2D eigenvalue weighted by Gasteiger charge is 2.50. The molecule has 0 spiro atoms. The lowest BCUT2D eigenvalue weighted by Crippen LogP contribution is -2.46. The Morgan fingerprint density at radius 3 is 2.25 bits per heavy atom. The van der Waals surface area contributed by atoms with Gasteiger partial charge in [-0.2, -0.15) is 0 Å². The molecule has 0 aliphatic carbocycles. The third-order valence-electron chi connectivity index (χ3n) is 5.24. The fraction of sp³-hybridized carbons (Fsp3) is 1.00. The summed E-state index contributed by atoms with van der Waals surface area (Å²) < 4.78 is 26.3. The average molecular weight is 455 g/mol. The predicted octanol–water partition coefficient (Wildman–Crippen LogP) is 1.61. The van der Waals surface area contributed by atoms with Gasteiger partial charge in [0.15, 0.2) is 0 Å². The van der Waals surface area contributed by atoms with Gasteiger partial charge in [0, 0.05) is 30.7 Å². The first-order valence-corrected chi connectivity index (χ1v) is 13.4. The number of rotatable bonds is 9. The Bertz CT molecular complexity index is 485. The van der Waals surface area contributed by atoms with Gasteiger partial charge in [0.2, 0.25) is 0 Å². The van der Waals surface area contributed by atoms with Crippen LogP contribution in [0.2, 0.25) is 0 Å². The Labute approximate surface area is 179 Å². The molecule has 2 aliphatic rings. The minimum atomic E-state index is -1.38. The molecular weight excluding hydrogens is 420 g/mol. The summed E-state index contributed by atoms with van der Waals surface area (Å²) in [6, 6.07) is 0.00235. The van der Waals surface area contributed by atoms with Crippen molar-refractivity contribution in [2.24, 2.45) is 0 Å². The van der Waals surface area contributed by atoms with Crippen LogP contribution in [0, 0.1) is 0 Å². The predicted molar refractivity (Wildman–Crippen MR) is 119 cm³/mol. The summed E-state index contributed by atoms with van der Waals surface area (Å²) in [7, 11) is 5.68. The van der Waals surface area contributed by atoms with E-state index in [2.05, 4.69) is 32.4 Å². The van der Waals surface area contributed by atoms with E-state index in [0.29, 0.717) is 0 Å². The molecule has 0 bridgehead atoms. The molecule has 0 aromatic carbocycles. The third-order valence-corrected chi connectivity index (χ3v) is 9.77. The summed E-state index contributed by atoms with van der Waals surface area (Å²) in [4.78, 5) is 0. The molecular formula is C17H35BNO6PS2. The van der Waals surface area contributed by atoms with Crippen molar-refractivity contribution in [2.45, 2.75) is 82.7 Å². The van der Waals surface area contributed by atoms with Gasteiger partial charge in [-0.15, -0.1) is 0 Å². The van der Waals surface area contributed by atoms with Crippen LogP contribution in [0.4, 0.5) is 0 Å². The van der Waals surface area contributed by atoms with Crippen molar-refractivity contribution < 1.29 is 28.7 Å². The largest absolute Gasteiger partial charge is 0.387 e. The summed E-state index contributed by atoms with van der Waals surface area (Å²) in [5.74, 6) is 1.72. The highest BCUT2D eigenvalue weighted by atomic mass is 33.1. The van der Waals surface area contributed by atoms with E-state index in [0.717, 1.165) is 11.5 Å². The van der Waals surface area contributed by atoms with Gasteiger partial charge in [0.1, 0.15) is 31.8 Å². The Morgan fingerprint density at radius 1 is 1.21 bits per heavy atom. The Hall–Kier alpha value is 0.915. The van der Waals surface area contributed by atoms with Gasteiger partial charge in [-0.1, -0.05) is 21.6 Å². The summed E-state index contributed by atoms with van der Waals surface area (Å²) in [6.07, 6.45) is -1.62. The van der Waals surface area contributed by atoms with E-state index in [1.807, 2.05) is 0 Å². The quantitative estimate of drug-likeness (QED) is 0.306. The van der Waals surface area contributed by atoms with Crippen molar-refractivity contribution in [3.63, 3.8) is 0 Å². The molecule has 2 saturated heterocycles. The van der Waals surface area contributed by atoms with E-state index >= 15 is 0 Å². The van der Waals surface area contributed by atoms with Gasteiger partial charge in [-0.25, -0.2) is 4.67 Å². The van der Waals surface area contributed by atoms with Crippen LogP contribution in [0.15, 0.2) is 0 Å². The molecule has 2 rings (SSSR count). The molecule has 2 fully saturated rings. The van der Waals surface area contributed by atoms with Crippen molar-refractivity contribution in [1.82, 2.24) is 4.67 Å². The number of methoxy groups -OCH3 is 1. The maximum Gasteiger partial charge on any atom is 0.259 e. The maximum atomic E-state index is 10.4. The first kappa shape index (κ1) is 25.2. The molecule has 2 heterocycles. The van der Waals surface area contributed by atoms with Crippen molar-refractivity contribution in [2.75, 3.05) is 25.2 Å². The van der Waals surface area contributed by atoms with Crippen molar-refractivity contribution in [3.05, 3.63) is 0 Å². The SMILES string of the molecule is B[C@@H]1O[C@H](COP(O[C@H]2CSSC[C@@H]2OC)N(C(C)C)C(C)C)[C@@H](O)[C@@]1(C)O. The second-order valence-electron chi connectivity index (χ2n) is 8.08. The highest BCUT2D eigenvalue weighted by Crippen LogP contribution is 2.50. The molecule has 0 amide bonds. The van der Waals surface area contributed by atoms with E-state index in [1.54, 1.807) is 43.5 Å². The van der Waals surface area contributed by atoms with Gasteiger partial charge < -0.3 is 28.7 Å². The normalized spacial score (nSPS) is 37.9. The number of ether oxygens (including phenoxy) is 2. The molecule has 2 N–H and O–H groups in total. The molecule has 0 aromatic rings. The Morgan fingerprint density at radius 2 is 1.79 bits per heavy atom. The van der Waals surface area contributed by atoms with Crippen LogP contribution >= 0.6 is 30.1 Å². The molecule has 0 saturated carbocycles. The summed E-state index contributed by atoms with van der Waals surface area (Å²) in [5.41, 5.74) is -1.29. The number of nitrogens with zero attached hydrogens (tertiary/aromatic N) is 1. The molecule has 0 aromatic heterocycles. The highest BCUT2D eigenvalue weighted by molar-refractivity contribution is 8.76. The minimum Gasteiger partial charge on any atom is -0.387 e. The average Bonchev–Trinajstić information content (AvgIpc) is 2.82. The van der Waals surface area contributed by atoms with E-state index < -0.39 is 32.3 Å². The van der Waals surface area contributed by atoms with Crippen molar-refractivity contribution in [1.29, 1.82) is 0 Å². The molecule has 28 heavy (non-hydrogen) atoms. The number of aliphatic hydroxyl groups excluding tert-OH is 1. The maximum absolute atomic E-state index is 10.4. The molecule has 7 nitrogen and oxygen atoms in total. The van der Waals surface area contributed by atoms with Crippen LogP contribution < -0.4 is 0 Å². The monoisotopic (exact) mass is 455 g/mol. The lowest BCUT2D eigenvalue weighted by atomic mass is 9.82. The van der Waals surface area contributed by atoms with E-state index in [-0.39, 0.29) is 30.9 Å². The van der Waals surface area contributed by atoms with Crippen LogP contribution in [-0.2, 0) is 18.5 Å². The third kappa shape index (κ3) is 5.99. The van der Waals surface area contributed by atoms with Crippen LogP contribution in [0.25, 0.3) is 0 Å². The van der Waals surface area contributed by atoms with Gasteiger partial charge in [0.05, 0.1) is 18.7 Å². The van der Waals surface area contributed by atoms with E-state index in [9.17, 15) is 10.2 Å². The van der Waals surface area contributed by atoms with Crippen LogP contribution in [0.3, 0.4) is 0 Å².